The van der Waals surface area contributed by atoms with Crippen LogP contribution >= 0.6 is 12.4 Å². The molecule has 6 nitrogen and oxygen atoms in total. The summed E-state index contributed by atoms with van der Waals surface area (Å²) in [7, 11) is 1.86. The lowest BCUT2D eigenvalue weighted by Crippen LogP contribution is -2.42. The SMILES string of the molecule is Cl.Cn1nnc2cc(C(=O)N3C4CCNCC3CC4)ccc21. The zero-order chi connectivity index (χ0) is 14.4. The fourth-order valence-electron chi connectivity index (χ4n) is 3.64. The maximum atomic E-state index is 12.9. The molecule has 1 aromatic heterocycles. The van der Waals surface area contributed by atoms with Crippen molar-refractivity contribution in [3.8, 4) is 0 Å². The number of amides is 1. The quantitative estimate of drug-likeness (QED) is 0.861. The van der Waals surface area contributed by atoms with Crippen LogP contribution in [0.2, 0.25) is 0 Å². The summed E-state index contributed by atoms with van der Waals surface area (Å²) < 4.78 is 1.73. The number of carbonyl (C=O) groups excluding carboxylic acids is 1. The molecule has 4 rings (SSSR count). The van der Waals surface area contributed by atoms with Crippen LogP contribution in [0.3, 0.4) is 0 Å². The van der Waals surface area contributed by atoms with E-state index in [1.165, 1.54) is 0 Å². The molecular weight excluding hydrogens is 302 g/mol. The Kier molecular flexibility index (Phi) is 4.06. The van der Waals surface area contributed by atoms with Crippen LogP contribution in [0.1, 0.15) is 29.6 Å². The van der Waals surface area contributed by atoms with Crippen LogP contribution in [-0.2, 0) is 7.05 Å². The minimum absolute atomic E-state index is 0. The number of rotatable bonds is 1. The van der Waals surface area contributed by atoms with Crippen molar-refractivity contribution in [1.29, 1.82) is 0 Å². The third kappa shape index (κ3) is 2.36. The average molecular weight is 322 g/mol. The van der Waals surface area contributed by atoms with E-state index in [0.717, 1.165) is 48.9 Å². The highest BCUT2D eigenvalue weighted by atomic mass is 35.5. The summed E-state index contributed by atoms with van der Waals surface area (Å²) in [5.41, 5.74) is 2.46. The van der Waals surface area contributed by atoms with Crippen molar-refractivity contribution in [2.75, 3.05) is 13.1 Å². The summed E-state index contributed by atoms with van der Waals surface area (Å²) in [6, 6.07) is 6.41. The van der Waals surface area contributed by atoms with Crippen LogP contribution in [-0.4, -0.2) is 51.0 Å². The second-order valence-corrected chi connectivity index (χ2v) is 6.01. The van der Waals surface area contributed by atoms with Gasteiger partial charge in [-0.3, -0.25) is 4.79 Å². The normalized spacial score (nSPS) is 24.1. The monoisotopic (exact) mass is 321 g/mol. The highest BCUT2D eigenvalue weighted by Gasteiger charge is 2.38. The predicted octanol–water partition coefficient (Wildman–Crippen LogP) is 1.36. The predicted molar refractivity (Wildman–Crippen MR) is 86.2 cm³/mol. The molecule has 7 heteroatoms. The summed E-state index contributed by atoms with van der Waals surface area (Å²) in [5.74, 6) is 0.138. The molecule has 2 aliphatic rings. The van der Waals surface area contributed by atoms with E-state index in [1.807, 2.05) is 25.2 Å². The van der Waals surface area contributed by atoms with Crippen molar-refractivity contribution in [2.24, 2.45) is 7.05 Å². The van der Waals surface area contributed by atoms with Crippen molar-refractivity contribution in [3.63, 3.8) is 0 Å². The Morgan fingerprint density at radius 2 is 2.09 bits per heavy atom. The first kappa shape index (κ1) is 15.2. The number of carbonyl (C=O) groups is 1. The van der Waals surface area contributed by atoms with Gasteiger partial charge in [-0.2, -0.15) is 0 Å². The van der Waals surface area contributed by atoms with Gasteiger partial charge >= 0.3 is 0 Å². The first-order valence-corrected chi connectivity index (χ1v) is 7.57. The Morgan fingerprint density at radius 3 is 2.95 bits per heavy atom. The molecule has 1 amide bonds. The zero-order valence-corrected chi connectivity index (χ0v) is 13.3. The lowest BCUT2D eigenvalue weighted by atomic mass is 10.1. The van der Waals surface area contributed by atoms with Gasteiger partial charge in [0.15, 0.2) is 0 Å². The maximum Gasteiger partial charge on any atom is 0.254 e. The first-order chi connectivity index (χ1) is 10.2. The van der Waals surface area contributed by atoms with E-state index in [0.29, 0.717) is 12.1 Å². The summed E-state index contributed by atoms with van der Waals surface area (Å²) >= 11 is 0. The fourth-order valence-corrected chi connectivity index (χ4v) is 3.64. The van der Waals surface area contributed by atoms with Crippen molar-refractivity contribution in [1.82, 2.24) is 25.2 Å². The van der Waals surface area contributed by atoms with Crippen LogP contribution in [0.5, 0.6) is 0 Å². The maximum absolute atomic E-state index is 12.9. The molecule has 118 valence electrons. The second kappa shape index (κ2) is 5.85. The van der Waals surface area contributed by atoms with Crippen molar-refractivity contribution in [2.45, 2.75) is 31.3 Å². The minimum atomic E-state index is 0. The van der Waals surface area contributed by atoms with Gasteiger partial charge in [0.25, 0.3) is 5.91 Å². The van der Waals surface area contributed by atoms with Gasteiger partial charge in [-0.25, -0.2) is 4.68 Å². The average Bonchev–Trinajstić information content (AvgIpc) is 2.97. The minimum Gasteiger partial charge on any atom is -0.331 e. The highest BCUT2D eigenvalue weighted by molar-refractivity contribution is 5.97. The van der Waals surface area contributed by atoms with Crippen LogP contribution < -0.4 is 5.32 Å². The molecule has 0 radical (unpaired) electrons. The molecule has 2 bridgehead atoms. The van der Waals surface area contributed by atoms with E-state index in [-0.39, 0.29) is 18.3 Å². The van der Waals surface area contributed by atoms with Crippen LogP contribution in [0, 0.1) is 0 Å². The molecule has 0 aliphatic carbocycles. The molecule has 3 heterocycles. The lowest BCUT2D eigenvalue weighted by Gasteiger charge is -2.28. The van der Waals surface area contributed by atoms with Gasteiger partial charge < -0.3 is 10.2 Å². The van der Waals surface area contributed by atoms with E-state index < -0.39 is 0 Å². The topological polar surface area (TPSA) is 63.1 Å². The van der Waals surface area contributed by atoms with Crippen LogP contribution in [0.15, 0.2) is 18.2 Å². The highest BCUT2D eigenvalue weighted by Crippen LogP contribution is 2.30. The van der Waals surface area contributed by atoms with Gasteiger partial charge in [0.05, 0.1) is 5.52 Å². The number of hydrogen-bond donors (Lipinski definition) is 1. The van der Waals surface area contributed by atoms with Crippen molar-refractivity contribution < 1.29 is 4.79 Å². The molecule has 2 fully saturated rings. The molecule has 0 spiro atoms. The van der Waals surface area contributed by atoms with E-state index in [4.69, 9.17) is 0 Å². The van der Waals surface area contributed by atoms with Crippen molar-refractivity contribution >= 4 is 29.3 Å². The van der Waals surface area contributed by atoms with Crippen LogP contribution in [0.25, 0.3) is 11.0 Å². The second-order valence-electron chi connectivity index (χ2n) is 6.01. The number of fused-ring (bicyclic) bond motifs is 3. The van der Waals surface area contributed by atoms with E-state index in [2.05, 4.69) is 20.5 Å². The molecule has 2 atom stereocenters. The molecule has 2 aliphatic heterocycles. The van der Waals surface area contributed by atoms with Gasteiger partial charge in [-0.15, -0.1) is 17.5 Å². The largest absolute Gasteiger partial charge is 0.331 e. The molecule has 2 saturated heterocycles. The Labute approximate surface area is 135 Å². The Bertz CT molecular complexity index is 686. The molecule has 2 aromatic rings. The standard InChI is InChI=1S/C15H19N5O.ClH/c1-19-14-5-2-10(8-13(14)17-18-19)15(21)20-11-3-4-12(20)9-16-7-6-11;/h2,5,8,11-12,16H,3-4,6-7,9H2,1H3;1H. The van der Waals surface area contributed by atoms with Gasteiger partial charge in [0.1, 0.15) is 5.52 Å². The molecule has 22 heavy (non-hydrogen) atoms. The molecule has 2 unspecified atom stereocenters. The summed E-state index contributed by atoms with van der Waals surface area (Å²) in [6.45, 7) is 1.92. The van der Waals surface area contributed by atoms with Gasteiger partial charge in [-0.05, 0) is 44.0 Å². The number of benzene rings is 1. The number of aromatic nitrogens is 3. The van der Waals surface area contributed by atoms with Gasteiger partial charge in [-0.1, -0.05) is 5.21 Å². The number of halogens is 1. The number of nitrogens with one attached hydrogen (secondary N) is 1. The van der Waals surface area contributed by atoms with Crippen LogP contribution in [0.4, 0.5) is 0 Å². The van der Waals surface area contributed by atoms with Gasteiger partial charge in [0.2, 0.25) is 0 Å². The first-order valence-electron chi connectivity index (χ1n) is 7.57. The third-order valence-corrected chi connectivity index (χ3v) is 4.75. The Morgan fingerprint density at radius 1 is 1.27 bits per heavy atom. The van der Waals surface area contributed by atoms with E-state index >= 15 is 0 Å². The Balaban J connectivity index is 0.00000144. The van der Waals surface area contributed by atoms with E-state index in [1.54, 1.807) is 4.68 Å². The Hall–Kier alpha value is -1.66. The lowest BCUT2D eigenvalue weighted by molar-refractivity contribution is 0.0680. The van der Waals surface area contributed by atoms with Gasteiger partial charge in [0, 0.05) is 31.2 Å². The zero-order valence-electron chi connectivity index (χ0n) is 12.5. The molecule has 1 N–H and O–H groups in total. The van der Waals surface area contributed by atoms with Crippen molar-refractivity contribution in [3.05, 3.63) is 23.8 Å². The summed E-state index contributed by atoms with van der Waals surface area (Å²) in [5, 5.41) is 11.5. The molecular formula is C15H20ClN5O. The smallest absolute Gasteiger partial charge is 0.254 e. The molecule has 1 aromatic carbocycles. The third-order valence-electron chi connectivity index (χ3n) is 4.75. The fraction of sp³-hybridized carbons (Fsp3) is 0.533. The number of aryl methyl sites for hydroxylation is 1. The van der Waals surface area contributed by atoms with E-state index in [9.17, 15) is 4.79 Å². The number of nitrogens with zero attached hydrogens (tertiary/aromatic N) is 4. The summed E-state index contributed by atoms with van der Waals surface area (Å²) in [4.78, 5) is 15.0. The number of hydrogen-bond acceptors (Lipinski definition) is 4. The summed E-state index contributed by atoms with van der Waals surface area (Å²) in [6.07, 6.45) is 3.29. The molecule has 0 saturated carbocycles.